The van der Waals surface area contributed by atoms with Gasteiger partial charge < -0.3 is 15.5 Å². The van der Waals surface area contributed by atoms with Crippen LogP contribution in [0.4, 0.5) is 5.69 Å². The summed E-state index contributed by atoms with van der Waals surface area (Å²) in [5, 5.41) is 11.5. The highest BCUT2D eigenvalue weighted by atomic mass is 35.5. The number of hydrogen-bond donors (Lipinski definition) is 2. The molecule has 1 aromatic carbocycles. The number of aromatic nitrogens is 2. The molecule has 0 saturated heterocycles. The maximum absolute atomic E-state index is 11.9. The van der Waals surface area contributed by atoms with E-state index in [0.717, 1.165) is 6.42 Å². The molecule has 2 atom stereocenters. The van der Waals surface area contributed by atoms with Gasteiger partial charge in [0.1, 0.15) is 0 Å². The molecule has 0 radical (unpaired) electrons. The van der Waals surface area contributed by atoms with E-state index in [4.69, 9.17) is 21.8 Å². The van der Waals surface area contributed by atoms with Gasteiger partial charge in [-0.3, -0.25) is 4.79 Å². The van der Waals surface area contributed by atoms with Crippen molar-refractivity contribution in [3.8, 4) is 0 Å². The number of carbonyl (C=O) groups excluding carboxylic acids is 1. The van der Waals surface area contributed by atoms with Crippen molar-refractivity contribution in [1.29, 1.82) is 0 Å². The number of amides is 1. The lowest BCUT2D eigenvalue weighted by atomic mass is 10.0. The van der Waals surface area contributed by atoms with Crippen LogP contribution in [0.15, 0.2) is 33.9 Å². The lowest BCUT2D eigenvalue weighted by Crippen LogP contribution is -2.18. The Morgan fingerprint density at radius 3 is 2.88 bits per heavy atom. The van der Waals surface area contributed by atoms with Crippen molar-refractivity contribution in [3.05, 3.63) is 35.2 Å². The molecule has 0 bridgehead atoms. The van der Waals surface area contributed by atoms with Crippen molar-refractivity contribution in [2.24, 2.45) is 11.7 Å². The second kappa shape index (κ2) is 9.88. The van der Waals surface area contributed by atoms with E-state index in [1.54, 1.807) is 24.3 Å². The molecular formula is C15H20Cl2N4O2S. The van der Waals surface area contributed by atoms with Crippen LogP contribution in [0.5, 0.6) is 0 Å². The van der Waals surface area contributed by atoms with Crippen molar-refractivity contribution < 1.29 is 9.21 Å². The highest BCUT2D eigenvalue weighted by Crippen LogP contribution is 2.24. The van der Waals surface area contributed by atoms with E-state index in [2.05, 4.69) is 22.4 Å². The quantitative estimate of drug-likeness (QED) is 0.695. The Labute approximate surface area is 156 Å². The van der Waals surface area contributed by atoms with Crippen LogP contribution < -0.4 is 11.1 Å². The van der Waals surface area contributed by atoms with Gasteiger partial charge in [-0.25, -0.2) is 0 Å². The molecule has 2 rings (SSSR count). The highest BCUT2D eigenvalue weighted by molar-refractivity contribution is 7.99. The Hall–Kier alpha value is -1.28. The second-order valence-electron chi connectivity index (χ2n) is 5.16. The van der Waals surface area contributed by atoms with E-state index >= 15 is 0 Å². The Bertz CT molecular complexity index is 668. The van der Waals surface area contributed by atoms with Gasteiger partial charge in [-0.05, 0) is 24.1 Å². The molecule has 0 aliphatic carbocycles. The Kier molecular flexibility index (Phi) is 8.55. The van der Waals surface area contributed by atoms with Crippen LogP contribution in [0, 0.1) is 5.92 Å². The lowest BCUT2D eigenvalue weighted by Gasteiger charge is -2.13. The molecule has 1 unspecified atom stereocenters. The van der Waals surface area contributed by atoms with Gasteiger partial charge in [0.05, 0.1) is 11.8 Å². The topological polar surface area (TPSA) is 94.0 Å². The maximum Gasteiger partial charge on any atom is 0.277 e. The van der Waals surface area contributed by atoms with Crippen LogP contribution in [0.1, 0.15) is 32.2 Å². The normalized spacial score (nSPS) is 13.0. The SMILES string of the molecule is CCC(C)[C@H](N)c1nnc(SCC(=O)Nc2cccc(Cl)c2)o1.Cl. The van der Waals surface area contributed by atoms with Crippen molar-refractivity contribution >= 4 is 47.4 Å². The standard InChI is InChI=1S/C15H19ClN4O2S.ClH/c1-3-9(2)13(17)14-19-20-15(22-14)23-8-12(21)18-11-6-4-5-10(16)7-11;/h4-7,9,13H,3,8,17H2,1-2H3,(H,18,21);1H/t9?,13-;/m0./s1. The first kappa shape index (κ1) is 20.8. The summed E-state index contributed by atoms with van der Waals surface area (Å²) in [5.74, 6) is 0.631. The van der Waals surface area contributed by atoms with Gasteiger partial charge in [-0.15, -0.1) is 22.6 Å². The van der Waals surface area contributed by atoms with E-state index in [1.807, 2.05) is 6.92 Å². The minimum Gasteiger partial charge on any atom is -0.414 e. The predicted octanol–water partition coefficient (Wildman–Crippen LogP) is 3.92. The zero-order valence-corrected chi connectivity index (χ0v) is 15.7. The summed E-state index contributed by atoms with van der Waals surface area (Å²) in [5.41, 5.74) is 6.68. The smallest absolute Gasteiger partial charge is 0.277 e. The minimum atomic E-state index is -0.290. The molecule has 0 saturated carbocycles. The van der Waals surface area contributed by atoms with Crippen LogP contribution in [0.25, 0.3) is 0 Å². The molecule has 1 aromatic heterocycles. The van der Waals surface area contributed by atoms with Crippen LogP contribution in [0.2, 0.25) is 5.02 Å². The largest absolute Gasteiger partial charge is 0.414 e. The molecule has 0 aliphatic heterocycles. The fourth-order valence-corrected chi connectivity index (χ4v) is 2.56. The summed E-state index contributed by atoms with van der Waals surface area (Å²) < 4.78 is 5.50. The number of nitrogens with zero attached hydrogens (tertiary/aromatic N) is 2. The van der Waals surface area contributed by atoms with Crippen molar-refractivity contribution in [2.45, 2.75) is 31.5 Å². The zero-order valence-electron chi connectivity index (χ0n) is 13.4. The average Bonchev–Trinajstić information content (AvgIpc) is 3.00. The molecule has 0 fully saturated rings. The molecule has 3 N–H and O–H groups in total. The first-order chi connectivity index (χ1) is 11.0. The zero-order chi connectivity index (χ0) is 16.8. The molecule has 132 valence electrons. The van der Waals surface area contributed by atoms with E-state index in [9.17, 15) is 4.79 Å². The minimum absolute atomic E-state index is 0. The second-order valence-corrected chi connectivity index (χ2v) is 6.53. The first-order valence-corrected chi connectivity index (χ1v) is 8.63. The number of hydrogen-bond acceptors (Lipinski definition) is 6. The van der Waals surface area contributed by atoms with Crippen molar-refractivity contribution in [3.63, 3.8) is 0 Å². The summed E-state index contributed by atoms with van der Waals surface area (Å²) in [4.78, 5) is 11.9. The maximum atomic E-state index is 11.9. The van der Waals surface area contributed by atoms with Crippen LogP contribution in [-0.4, -0.2) is 21.9 Å². The number of benzene rings is 1. The first-order valence-electron chi connectivity index (χ1n) is 7.26. The van der Waals surface area contributed by atoms with Crippen LogP contribution in [0.3, 0.4) is 0 Å². The van der Waals surface area contributed by atoms with E-state index in [-0.39, 0.29) is 36.0 Å². The number of nitrogens with one attached hydrogen (secondary N) is 1. The Morgan fingerprint density at radius 2 is 2.21 bits per heavy atom. The highest BCUT2D eigenvalue weighted by Gasteiger charge is 2.20. The molecule has 9 heteroatoms. The van der Waals surface area contributed by atoms with Gasteiger partial charge in [0.2, 0.25) is 11.8 Å². The fourth-order valence-electron chi connectivity index (χ4n) is 1.80. The molecular weight excluding hydrogens is 371 g/mol. The number of anilines is 1. The van der Waals surface area contributed by atoms with Crippen LogP contribution >= 0.6 is 35.8 Å². The third-order valence-electron chi connectivity index (χ3n) is 3.40. The summed E-state index contributed by atoms with van der Waals surface area (Å²) in [6.07, 6.45) is 0.925. The summed E-state index contributed by atoms with van der Waals surface area (Å²) in [6.45, 7) is 4.08. The fraction of sp³-hybridized carbons (Fsp3) is 0.400. The molecule has 0 spiro atoms. The van der Waals surface area contributed by atoms with Crippen molar-refractivity contribution in [2.75, 3.05) is 11.1 Å². The average molecular weight is 391 g/mol. The monoisotopic (exact) mass is 390 g/mol. The lowest BCUT2D eigenvalue weighted by molar-refractivity contribution is -0.113. The Morgan fingerprint density at radius 1 is 1.46 bits per heavy atom. The third kappa shape index (κ3) is 5.98. The number of carbonyl (C=O) groups is 1. The molecule has 1 amide bonds. The number of halogens is 2. The van der Waals surface area contributed by atoms with Gasteiger partial charge in [-0.1, -0.05) is 49.7 Å². The summed E-state index contributed by atoms with van der Waals surface area (Å²) >= 11 is 7.04. The van der Waals surface area contributed by atoms with Crippen molar-refractivity contribution in [1.82, 2.24) is 10.2 Å². The van der Waals surface area contributed by atoms with E-state index in [1.165, 1.54) is 11.8 Å². The van der Waals surface area contributed by atoms with Gasteiger partial charge in [0.15, 0.2) is 0 Å². The van der Waals surface area contributed by atoms with E-state index in [0.29, 0.717) is 21.8 Å². The predicted molar refractivity (Wildman–Crippen MR) is 98.7 cm³/mol. The molecule has 0 aliphatic rings. The number of rotatable bonds is 7. The van der Waals surface area contributed by atoms with E-state index < -0.39 is 0 Å². The molecule has 6 nitrogen and oxygen atoms in total. The van der Waals surface area contributed by atoms with Gasteiger partial charge in [0.25, 0.3) is 5.22 Å². The van der Waals surface area contributed by atoms with Crippen LogP contribution in [-0.2, 0) is 4.79 Å². The molecule has 1 heterocycles. The summed E-state index contributed by atoms with van der Waals surface area (Å²) in [7, 11) is 0. The van der Waals surface area contributed by atoms with Gasteiger partial charge >= 0.3 is 0 Å². The number of nitrogens with two attached hydrogens (primary N) is 1. The molecule has 24 heavy (non-hydrogen) atoms. The van der Waals surface area contributed by atoms with Gasteiger partial charge in [-0.2, -0.15) is 0 Å². The number of thioether (sulfide) groups is 1. The van der Waals surface area contributed by atoms with Gasteiger partial charge in [0, 0.05) is 10.7 Å². The third-order valence-corrected chi connectivity index (χ3v) is 4.45. The molecule has 2 aromatic rings. The summed E-state index contributed by atoms with van der Waals surface area (Å²) in [6, 6.07) is 6.67. The Balaban J connectivity index is 0.00000288.